The van der Waals surface area contributed by atoms with Crippen LogP contribution in [0.5, 0.6) is 0 Å². The zero-order valence-corrected chi connectivity index (χ0v) is 12.6. The van der Waals surface area contributed by atoms with Crippen LogP contribution in [0.1, 0.15) is 59.3 Å². The molecule has 0 aromatic rings. The number of carbonyl (C=O) groups is 1. The fraction of sp³-hybridized carbons (Fsp3) is 0.938. The van der Waals surface area contributed by atoms with Crippen molar-refractivity contribution in [2.24, 2.45) is 21.7 Å². The highest BCUT2D eigenvalue weighted by Gasteiger charge is 2.66. The van der Waals surface area contributed by atoms with Gasteiger partial charge in [0.2, 0.25) is 5.91 Å². The Morgan fingerprint density at radius 3 is 1.39 bits per heavy atom. The quantitative estimate of drug-likeness (QED) is 0.697. The maximum atomic E-state index is 12.7. The van der Waals surface area contributed by atoms with Crippen molar-refractivity contribution in [2.75, 3.05) is 14.1 Å². The van der Waals surface area contributed by atoms with Gasteiger partial charge in [-0.2, -0.15) is 0 Å². The van der Waals surface area contributed by atoms with Gasteiger partial charge in [0.25, 0.3) is 0 Å². The van der Waals surface area contributed by atoms with Gasteiger partial charge in [-0.1, -0.05) is 20.8 Å². The Hall–Kier alpha value is -0.530. The second-order valence-electron chi connectivity index (χ2n) is 8.97. The van der Waals surface area contributed by atoms with E-state index >= 15 is 0 Å². The highest BCUT2D eigenvalue weighted by molar-refractivity contribution is 5.83. The predicted octanol–water partition coefficient (Wildman–Crippen LogP) is 3.46. The Bertz CT molecular complexity index is 358. The lowest BCUT2D eigenvalue weighted by atomic mass is 9.36. The first-order chi connectivity index (χ1) is 8.10. The molecule has 4 aliphatic carbocycles. The Labute approximate surface area is 111 Å². The smallest absolute Gasteiger partial charge is 0.228 e. The summed E-state index contributed by atoms with van der Waals surface area (Å²) in [4.78, 5) is 14.6. The normalized spacial score (nSPS) is 53.6. The maximum Gasteiger partial charge on any atom is 0.228 e. The third-order valence-electron chi connectivity index (χ3n) is 5.72. The van der Waals surface area contributed by atoms with Crippen LogP contribution in [0.3, 0.4) is 0 Å². The number of carbonyl (C=O) groups excluding carboxylic acids is 1. The molecular formula is C16H27NO. The molecule has 0 unspecified atom stereocenters. The van der Waals surface area contributed by atoms with E-state index < -0.39 is 0 Å². The van der Waals surface area contributed by atoms with E-state index in [2.05, 4.69) is 20.8 Å². The lowest BCUT2D eigenvalue weighted by Crippen LogP contribution is -2.62. The largest absolute Gasteiger partial charge is 0.348 e. The van der Waals surface area contributed by atoms with Crippen LogP contribution in [0.15, 0.2) is 0 Å². The molecule has 0 aromatic heterocycles. The summed E-state index contributed by atoms with van der Waals surface area (Å²) in [6, 6.07) is 0. The Kier molecular flexibility index (Phi) is 2.18. The third kappa shape index (κ3) is 1.57. The van der Waals surface area contributed by atoms with Crippen LogP contribution in [-0.2, 0) is 4.79 Å². The van der Waals surface area contributed by atoms with Crippen LogP contribution >= 0.6 is 0 Å². The fourth-order valence-electron chi connectivity index (χ4n) is 6.99. The topological polar surface area (TPSA) is 20.3 Å². The van der Waals surface area contributed by atoms with Gasteiger partial charge in [-0.05, 0) is 54.8 Å². The Morgan fingerprint density at radius 1 is 0.778 bits per heavy atom. The molecule has 4 fully saturated rings. The second kappa shape index (κ2) is 3.13. The summed E-state index contributed by atoms with van der Waals surface area (Å²) < 4.78 is 0. The highest BCUT2D eigenvalue weighted by Crippen LogP contribution is 2.73. The molecule has 1 amide bonds. The van der Waals surface area contributed by atoms with Crippen LogP contribution in [-0.4, -0.2) is 24.9 Å². The van der Waals surface area contributed by atoms with E-state index in [-0.39, 0.29) is 5.41 Å². The van der Waals surface area contributed by atoms with Gasteiger partial charge in [0.15, 0.2) is 0 Å². The first kappa shape index (κ1) is 12.5. The van der Waals surface area contributed by atoms with Gasteiger partial charge in [0.1, 0.15) is 0 Å². The number of rotatable bonds is 1. The molecule has 0 heterocycles. The minimum absolute atomic E-state index is 0.0451. The van der Waals surface area contributed by atoms with Gasteiger partial charge in [0, 0.05) is 14.1 Å². The summed E-state index contributed by atoms with van der Waals surface area (Å²) in [5.41, 5.74) is 1.17. The zero-order valence-electron chi connectivity index (χ0n) is 12.6. The Balaban J connectivity index is 2.06. The van der Waals surface area contributed by atoms with E-state index in [1.54, 1.807) is 0 Å². The number of hydrogen-bond donors (Lipinski definition) is 0. The summed E-state index contributed by atoms with van der Waals surface area (Å²) in [7, 11) is 3.85. The van der Waals surface area contributed by atoms with E-state index in [9.17, 15) is 4.79 Å². The molecule has 2 nitrogen and oxygen atoms in total. The van der Waals surface area contributed by atoms with Crippen LogP contribution in [0.4, 0.5) is 0 Å². The van der Waals surface area contributed by atoms with Gasteiger partial charge in [0.05, 0.1) is 5.41 Å². The van der Waals surface area contributed by atoms with Crippen molar-refractivity contribution in [3.05, 3.63) is 0 Å². The van der Waals surface area contributed by atoms with E-state index in [0.717, 1.165) is 19.3 Å². The highest BCUT2D eigenvalue weighted by atomic mass is 16.2. The third-order valence-corrected chi connectivity index (χ3v) is 5.72. The van der Waals surface area contributed by atoms with Gasteiger partial charge in [-0.15, -0.1) is 0 Å². The Morgan fingerprint density at radius 2 is 1.11 bits per heavy atom. The average Bonchev–Trinajstić information content (AvgIpc) is 2.07. The van der Waals surface area contributed by atoms with Crippen molar-refractivity contribution < 1.29 is 4.79 Å². The summed E-state index contributed by atoms with van der Waals surface area (Å²) >= 11 is 0. The van der Waals surface area contributed by atoms with Crippen molar-refractivity contribution >= 4 is 5.91 Å². The SMILES string of the molecule is CN(C)C(=O)C12CC3(C)CC(C)(CC(C)(C3)C1)C2. The molecule has 4 bridgehead atoms. The average molecular weight is 249 g/mol. The molecule has 0 spiro atoms. The first-order valence-electron chi connectivity index (χ1n) is 7.31. The minimum atomic E-state index is -0.0451. The van der Waals surface area contributed by atoms with Crippen molar-refractivity contribution in [3.8, 4) is 0 Å². The molecular weight excluding hydrogens is 222 g/mol. The molecule has 102 valence electrons. The molecule has 0 atom stereocenters. The lowest BCUT2D eigenvalue weighted by molar-refractivity contribution is -0.197. The van der Waals surface area contributed by atoms with Crippen LogP contribution in [0.2, 0.25) is 0 Å². The number of nitrogens with zero attached hydrogens (tertiary/aromatic N) is 1. The van der Waals surface area contributed by atoms with E-state index in [0.29, 0.717) is 22.2 Å². The zero-order chi connectivity index (χ0) is 13.4. The molecule has 4 aliphatic rings. The maximum absolute atomic E-state index is 12.7. The predicted molar refractivity (Wildman–Crippen MR) is 73.2 cm³/mol. The molecule has 0 saturated heterocycles. The molecule has 4 saturated carbocycles. The molecule has 0 aromatic carbocycles. The first-order valence-corrected chi connectivity index (χ1v) is 7.31. The summed E-state index contributed by atoms with van der Waals surface area (Å²) in [6.07, 6.45) is 7.38. The molecule has 0 radical (unpaired) electrons. The molecule has 4 rings (SSSR count). The molecule has 18 heavy (non-hydrogen) atoms. The minimum Gasteiger partial charge on any atom is -0.348 e. The summed E-state index contributed by atoms with van der Waals surface area (Å²) in [5.74, 6) is 0.394. The van der Waals surface area contributed by atoms with E-state index in [4.69, 9.17) is 0 Å². The van der Waals surface area contributed by atoms with E-state index in [1.807, 2.05) is 19.0 Å². The van der Waals surface area contributed by atoms with Crippen molar-refractivity contribution in [1.29, 1.82) is 0 Å². The summed E-state index contributed by atoms with van der Waals surface area (Å²) in [5, 5.41) is 0. The van der Waals surface area contributed by atoms with Crippen LogP contribution in [0, 0.1) is 21.7 Å². The van der Waals surface area contributed by atoms with Gasteiger partial charge < -0.3 is 4.90 Å². The summed E-state index contributed by atoms with van der Waals surface area (Å²) in [6.45, 7) is 7.29. The van der Waals surface area contributed by atoms with Gasteiger partial charge in [-0.3, -0.25) is 4.79 Å². The number of hydrogen-bond acceptors (Lipinski definition) is 1. The van der Waals surface area contributed by atoms with Gasteiger partial charge >= 0.3 is 0 Å². The molecule has 0 aliphatic heterocycles. The van der Waals surface area contributed by atoms with Crippen molar-refractivity contribution in [1.82, 2.24) is 4.90 Å². The second-order valence-corrected chi connectivity index (χ2v) is 8.97. The lowest BCUT2D eigenvalue weighted by Gasteiger charge is -2.68. The van der Waals surface area contributed by atoms with Crippen LogP contribution < -0.4 is 0 Å². The fourth-order valence-corrected chi connectivity index (χ4v) is 6.99. The van der Waals surface area contributed by atoms with Crippen molar-refractivity contribution in [3.63, 3.8) is 0 Å². The van der Waals surface area contributed by atoms with Crippen LogP contribution in [0.25, 0.3) is 0 Å². The van der Waals surface area contributed by atoms with E-state index in [1.165, 1.54) is 19.3 Å². The molecule has 0 N–H and O–H groups in total. The van der Waals surface area contributed by atoms with Gasteiger partial charge in [-0.25, -0.2) is 0 Å². The van der Waals surface area contributed by atoms with Crippen molar-refractivity contribution in [2.45, 2.75) is 59.3 Å². The standard InChI is InChI=1S/C16H27NO/c1-13-6-14(2)8-15(3,7-13)11-16(9-13,10-14)12(18)17(4)5/h6-11H2,1-5H3. The number of amides is 1. The molecule has 2 heteroatoms. The monoisotopic (exact) mass is 249 g/mol.